The minimum atomic E-state index is -3.38. The zero-order valence-corrected chi connectivity index (χ0v) is 14.5. The zero-order valence-electron chi connectivity index (χ0n) is 12.9. The molecule has 1 aliphatic rings. The second-order valence-electron chi connectivity index (χ2n) is 5.88. The second-order valence-corrected chi connectivity index (χ2v) is 8.76. The van der Waals surface area contributed by atoms with Crippen LogP contribution in [0, 0.1) is 5.92 Å². The van der Waals surface area contributed by atoms with E-state index in [1.807, 2.05) is 12.1 Å². The number of hydrogen-bond acceptors (Lipinski definition) is 3. The van der Waals surface area contributed by atoms with Crippen molar-refractivity contribution in [1.82, 2.24) is 5.32 Å². The van der Waals surface area contributed by atoms with Gasteiger partial charge >= 0.3 is 0 Å². The van der Waals surface area contributed by atoms with Gasteiger partial charge in [-0.2, -0.15) is 0 Å². The molecular weight excluding hydrogens is 322 g/mol. The summed E-state index contributed by atoms with van der Waals surface area (Å²) in [6.07, 6.45) is 2.61. The molecule has 1 N–H and O–H groups in total. The molecule has 1 amide bonds. The van der Waals surface area contributed by atoms with E-state index in [2.05, 4.69) is 5.32 Å². The van der Waals surface area contributed by atoms with Gasteiger partial charge in [0, 0.05) is 5.02 Å². The van der Waals surface area contributed by atoms with E-state index in [0.29, 0.717) is 17.4 Å². The summed E-state index contributed by atoms with van der Waals surface area (Å²) >= 11 is 5.90. The normalized spacial score (nSPS) is 17.8. The number of halogens is 1. The Morgan fingerprint density at radius 3 is 2.41 bits per heavy atom. The van der Waals surface area contributed by atoms with Crippen molar-refractivity contribution in [2.45, 2.75) is 44.4 Å². The fourth-order valence-corrected chi connectivity index (χ4v) is 3.91. The highest BCUT2D eigenvalue weighted by atomic mass is 35.5. The molecule has 6 heteroatoms. The van der Waals surface area contributed by atoms with Crippen molar-refractivity contribution in [2.24, 2.45) is 5.92 Å². The molecule has 0 aromatic heterocycles. The first-order valence-corrected chi connectivity index (χ1v) is 9.72. The molecule has 2 rings (SSSR count). The van der Waals surface area contributed by atoms with Crippen LogP contribution in [0.2, 0.25) is 5.02 Å². The first-order chi connectivity index (χ1) is 10.3. The molecule has 1 aromatic rings. The van der Waals surface area contributed by atoms with Gasteiger partial charge in [0.05, 0.1) is 11.8 Å². The van der Waals surface area contributed by atoms with E-state index in [0.717, 1.165) is 18.4 Å². The predicted molar refractivity (Wildman–Crippen MR) is 88.6 cm³/mol. The molecule has 1 aliphatic carbocycles. The molecule has 22 heavy (non-hydrogen) atoms. The number of hydrogen-bond donors (Lipinski definition) is 1. The number of amides is 1. The van der Waals surface area contributed by atoms with E-state index >= 15 is 0 Å². The summed E-state index contributed by atoms with van der Waals surface area (Å²) in [6, 6.07) is 7.21. The molecule has 0 bridgehead atoms. The van der Waals surface area contributed by atoms with Crippen LogP contribution in [0.1, 0.15) is 44.7 Å². The number of carbonyl (C=O) groups is 1. The van der Waals surface area contributed by atoms with Gasteiger partial charge in [0.25, 0.3) is 0 Å². The standard InChI is InChI=1S/C16H22ClNO3S/c1-3-10-22(20,21)11(2)16(19)18-15(12-4-5-12)13-6-8-14(17)9-7-13/h6-9,11-12,15H,3-5,10H2,1-2H3,(H,18,19)/t11-,15-/m0/s1. The predicted octanol–water partition coefficient (Wildman–Crippen LogP) is 3.12. The van der Waals surface area contributed by atoms with E-state index in [-0.39, 0.29) is 11.8 Å². The lowest BCUT2D eigenvalue weighted by Crippen LogP contribution is -2.41. The maximum absolute atomic E-state index is 12.3. The second kappa shape index (κ2) is 7.01. The molecule has 0 aliphatic heterocycles. The van der Waals surface area contributed by atoms with Crippen molar-refractivity contribution in [3.8, 4) is 0 Å². The van der Waals surface area contributed by atoms with Gasteiger partial charge in [-0.05, 0) is 49.8 Å². The summed E-state index contributed by atoms with van der Waals surface area (Å²) in [5, 5.41) is 2.55. The van der Waals surface area contributed by atoms with E-state index in [1.165, 1.54) is 6.92 Å². The van der Waals surface area contributed by atoms with E-state index in [1.54, 1.807) is 19.1 Å². The highest BCUT2D eigenvalue weighted by Crippen LogP contribution is 2.41. The largest absolute Gasteiger partial charge is 0.348 e. The van der Waals surface area contributed by atoms with Gasteiger partial charge in [-0.25, -0.2) is 8.42 Å². The van der Waals surface area contributed by atoms with E-state index < -0.39 is 21.0 Å². The molecule has 0 saturated heterocycles. The molecular formula is C16H22ClNO3S. The van der Waals surface area contributed by atoms with Gasteiger partial charge in [-0.3, -0.25) is 4.79 Å². The Balaban J connectivity index is 2.11. The first-order valence-electron chi connectivity index (χ1n) is 7.62. The molecule has 122 valence electrons. The fourth-order valence-electron chi connectivity index (χ4n) is 2.47. The quantitative estimate of drug-likeness (QED) is 0.827. The summed E-state index contributed by atoms with van der Waals surface area (Å²) in [7, 11) is -3.38. The topological polar surface area (TPSA) is 63.2 Å². The van der Waals surface area contributed by atoms with Crippen LogP contribution >= 0.6 is 11.6 Å². The fraction of sp³-hybridized carbons (Fsp3) is 0.562. The lowest BCUT2D eigenvalue weighted by molar-refractivity contribution is -0.121. The van der Waals surface area contributed by atoms with Gasteiger partial charge in [0.2, 0.25) is 5.91 Å². The third kappa shape index (κ3) is 4.23. The zero-order chi connectivity index (χ0) is 16.3. The van der Waals surface area contributed by atoms with Crippen molar-refractivity contribution in [3.63, 3.8) is 0 Å². The van der Waals surface area contributed by atoms with E-state index in [4.69, 9.17) is 11.6 Å². The van der Waals surface area contributed by atoms with Gasteiger partial charge in [0.1, 0.15) is 5.25 Å². The van der Waals surface area contributed by atoms with Crippen LogP contribution < -0.4 is 5.32 Å². The molecule has 0 spiro atoms. The molecule has 1 fully saturated rings. The molecule has 0 unspecified atom stereocenters. The van der Waals surface area contributed by atoms with Gasteiger partial charge in [-0.15, -0.1) is 0 Å². The average molecular weight is 344 g/mol. The van der Waals surface area contributed by atoms with Crippen LogP contribution in [0.4, 0.5) is 0 Å². The lowest BCUT2D eigenvalue weighted by atomic mass is 10.0. The van der Waals surface area contributed by atoms with Gasteiger partial charge < -0.3 is 5.32 Å². The van der Waals surface area contributed by atoms with Crippen LogP contribution in [0.5, 0.6) is 0 Å². The summed E-state index contributed by atoms with van der Waals surface area (Å²) in [6.45, 7) is 3.26. The van der Waals surface area contributed by atoms with Crippen molar-refractivity contribution in [3.05, 3.63) is 34.9 Å². The lowest BCUT2D eigenvalue weighted by Gasteiger charge is -2.21. The van der Waals surface area contributed by atoms with Crippen LogP contribution in [-0.2, 0) is 14.6 Å². The average Bonchev–Trinajstić information content (AvgIpc) is 3.29. The van der Waals surface area contributed by atoms with E-state index in [9.17, 15) is 13.2 Å². The van der Waals surface area contributed by atoms with Crippen LogP contribution in [-0.4, -0.2) is 25.3 Å². The smallest absolute Gasteiger partial charge is 0.238 e. The molecule has 1 aromatic carbocycles. The number of sulfone groups is 1. The Labute approximate surface area is 137 Å². The van der Waals surface area contributed by atoms with Crippen molar-refractivity contribution < 1.29 is 13.2 Å². The monoisotopic (exact) mass is 343 g/mol. The summed E-state index contributed by atoms with van der Waals surface area (Å²) in [4.78, 5) is 12.3. The first kappa shape index (κ1) is 17.3. The molecule has 0 heterocycles. The van der Waals surface area contributed by atoms with Crippen LogP contribution in [0.15, 0.2) is 24.3 Å². The highest BCUT2D eigenvalue weighted by Gasteiger charge is 2.36. The molecule has 4 nitrogen and oxygen atoms in total. The number of benzene rings is 1. The summed E-state index contributed by atoms with van der Waals surface area (Å²) < 4.78 is 24.1. The third-order valence-electron chi connectivity index (χ3n) is 4.02. The summed E-state index contributed by atoms with van der Waals surface area (Å²) in [5.74, 6) is 0.00268. The maximum atomic E-state index is 12.3. The minimum absolute atomic E-state index is 0.0383. The van der Waals surface area contributed by atoms with Crippen LogP contribution in [0.3, 0.4) is 0 Å². The number of nitrogens with one attached hydrogen (secondary N) is 1. The van der Waals surface area contributed by atoms with Gasteiger partial charge in [0.15, 0.2) is 9.84 Å². The Morgan fingerprint density at radius 2 is 1.91 bits per heavy atom. The number of carbonyl (C=O) groups excluding carboxylic acids is 1. The van der Waals surface area contributed by atoms with Crippen molar-refractivity contribution >= 4 is 27.3 Å². The minimum Gasteiger partial charge on any atom is -0.348 e. The summed E-state index contributed by atoms with van der Waals surface area (Å²) in [5.41, 5.74) is 0.973. The third-order valence-corrected chi connectivity index (χ3v) is 6.54. The highest BCUT2D eigenvalue weighted by molar-refractivity contribution is 7.92. The van der Waals surface area contributed by atoms with Crippen molar-refractivity contribution in [1.29, 1.82) is 0 Å². The maximum Gasteiger partial charge on any atom is 0.238 e. The van der Waals surface area contributed by atoms with Crippen molar-refractivity contribution in [2.75, 3.05) is 5.75 Å². The van der Waals surface area contributed by atoms with Crippen LogP contribution in [0.25, 0.3) is 0 Å². The Hall–Kier alpha value is -1.07. The SMILES string of the molecule is CCCS(=O)(=O)[C@@H](C)C(=O)N[C@H](c1ccc(Cl)cc1)C1CC1. The number of rotatable bonds is 7. The Kier molecular flexibility index (Phi) is 5.50. The molecule has 1 saturated carbocycles. The Morgan fingerprint density at radius 1 is 1.32 bits per heavy atom. The Bertz CT molecular complexity index is 623. The molecule has 0 radical (unpaired) electrons. The van der Waals surface area contributed by atoms with Gasteiger partial charge in [-0.1, -0.05) is 30.7 Å². The molecule has 2 atom stereocenters.